The van der Waals surface area contributed by atoms with Gasteiger partial charge < -0.3 is 9.88 Å². The smallest absolute Gasteiger partial charge is 0.263 e. The number of rotatable bonds is 6. The minimum atomic E-state index is -0.0452. The summed E-state index contributed by atoms with van der Waals surface area (Å²) < 4.78 is 2.15. The van der Waals surface area contributed by atoms with E-state index in [9.17, 15) is 4.79 Å². The van der Waals surface area contributed by atoms with Crippen molar-refractivity contribution in [1.29, 1.82) is 0 Å². The number of nitrogens with one attached hydrogen (secondary N) is 1. The number of carbonyl (C=O) groups is 1. The molecule has 29 heavy (non-hydrogen) atoms. The molecule has 4 aromatic rings. The minimum absolute atomic E-state index is 0.0452. The van der Waals surface area contributed by atoms with Crippen LogP contribution in [0.5, 0.6) is 0 Å². The molecule has 1 N–H and O–H groups in total. The first-order valence-corrected chi connectivity index (χ1v) is 11.6. The summed E-state index contributed by atoms with van der Waals surface area (Å²) in [5, 5.41) is 4.12. The van der Waals surface area contributed by atoms with E-state index in [0.717, 1.165) is 33.7 Å². The number of nitrogens with zero attached hydrogens (tertiary/aromatic N) is 2. The normalized spacial score (nSPS) is 11.1. The lowest BCUT2D eigenvalue weighted by Gasteiger charge is -2.12. The number of pyridine rings is 1. The van der Waals surface area contributed by atoms with Crippen molar-refractivity contribution in [1.82, 2.24) is 14.9 Å². The van der Waals surface area contributed by atoms with Crippen LogP contribution in [0.3, 0.4) is 0 Å². The molecule has 3 heterocycles. The number of aryl methyl sites for hydroxylation is 2. The molecule has 1 amide bonds. The molecule has 3 aromatic heterocycles. The van der Waals surface area contributed by atoms with E-state index < -0.39 is 0 Å². The van der Waals surface area contributed by atoms with Gasteiger partial charge in [0.2, 0.25) is 0 Å². The van der Waals surface area contributed by atoms with Gasteiger partial charge in [-0.2, -0.15) is 0 Å². The lowest BCUT2D eigenvalue weighted by Crippen LogP contribution is -2.26. The van der Waals surface area contributed by atoms with Crippen molar-refractivity contribution in [3.05, 3.63) is 76.6 Å². The number of aromatic nitrogens is 2. The van der Waals surface area contributed by atoms with Crippen LogP contribution in [0.4, 0.5) is 0 Å². The van der Waals surface area contributed by atoms with E-state index in [0.29, 0.717) is 11.4 Å². The molecule has 148 valence electrons. The van der Waals surface area contributed by atoms with E-state index in [2.05, 4.69) is 71.4 Å². The maximum Gasteiger partial charge on any atom is 0.263 e. The summed E-state index contributed by atoms with van der Waals surface area (Å²) in [6.45, 7) is 4.72. The monoisotopic (exact) mass is 421 g/mol. The van der Waals surface area contributed by atoms with Gasteiger partial charge in [0.1, 0.15) is 9.71 Å². The summed E-state index contributed by atoms with van der Waals surface area (Å²) >= 11 is 3.18. The van der Waals surface area contributed by atoms with Gasteiger partial charge in [-0.15, -0.1) is 23.1 Å². The zero-order chi connectivity index (χ0) is 20.4. The number of fused-ring (bicyclic) bond motifs is 1. The summed E-state index contributed by atoms with van der Waals surface area (Å²) in [6, 6.07) is 16.6. The van der Waals surface area contributed by atoms with E-state index >= 15 is 0 Å². The van der Waals surface area contributed by atoms with E-state index in [1.165, 1.54) is 21.8 Å². The predicted octanol–water partition coefficient (Wildman–Crippen LogP) is 5.40. The van der Waals surface area contributed by atoms with Crippen LogP contribution in [0, 0.1) is 13.8 Å². The first-order valence-electron chi connectivity index (χ1n) is 9.52. The summed E-state index contributed by atoms with van der Waals surface area (Å²) in [5.74, 6) is -0.0452. The van der Waals surface area contributed by atoms with Crippen LogP contribution in [-0.4, -0.2) is 28.3 Å². The summed E-state index contributed by atoms with van der Waals surface area (Å²) in [5.41, 5.74) is 4.36. The highest BCUT2D eigenvalue weighted by molar-refractivity contribution is 7.98. The number of carbonyl (C=O) groups excluding carboxylic acids is 1. The Morgan fingerprint density at radius 2 is 1.83 bits per heavy atom. The third kappa shape index (κ3) is 3.95. The minimum Gasteiger partial charge on any atom is -0.351 e. The molecule has 0 saturated carbocycles. The molecule has 0 unspecified atom stereocenters. The lowest BCUT2D eigenvalue weighted by atomic mass is 10.1. The van der Waals surface area contributed by atoms with E-state index in [1.54, 1.807) is 18.0 Å². The summed E-state index contributed by atoms with van der Waals surface area (Å²) in [6.07, 6.45) is 4.65. The molecule has 0 spiro atoms. The maximum atomic E-state index is 13.1. The molecular weight excluding hydrogens is 398 g/mol. The molecule has 0 aliphatic heterocycles. The van der Waals surface area contributed by atoms with Gasteiger partial charge in [-0.05, 0) is 68.5 Å². The average Bonchev–Trinajstić information content (AvgIpc) is 3.27. The standard InChI is InChI=1S/C23H23N3OS2/c1-15-6-7-16(2)26(15)20-19-5-4-13-25-23(19)29-21(20)22(27)24-14-12-17-8-10-18(28-3)11-9-17/h4-11,13H,12,14H2,1-3H3,(H,24,27). The van der Waals surface area contributed by atoms with Gasteiger partial charge in [0.05, 0.1) is 5.69 Å². The Bertz CT molecular complexity index is 1140. The largest absolute Gasteiger partial charge is 0.351 e. The number of thioether (sulfide) groups is 1. The number of benzene rings is 1. The first-order chi connectivity index (χ1) is 14.1. The molecule has 0 aliphatic carbocycles. The SMILES string of the molecule is CSc1ccc(CCNC(=O)c2sc3ncccc3c2-n2c(C)ccc2C)cc1. The molecule has 4 rings (SSSR count). The van der Waals surface area contributed by atoms with Crippen LogP contribution in [0.15, 0.2) is 59.6 Å². The van der Waals surface area contributed by atoms with Crippen molar-refractivity contribution >= 4 is 39.2 Å². The van der Waals surface area contributed by atoms with Crippen LogP contribution in [0.25, 0.3) is 15.9 Å². The Hall–Kier alpha value is -2.57. The Balaban J connectivity index is 1.59. The van der Waals surface area contributed by atoms with E-state index in [1.807, 2.05) is 12.1 Å². The molecule has 0 fully saturated rings. The average molecular weight is 422 g/mol. The third-order valence-electron chi connectivity index (χ3n) is 5.00. The summed E-state index contributed by atoms with van der Waals surface area (Å²) in [7, 11) is 0. The van der Waals surface area contributed by atoms with Gasteiger partial charge >= 0.3 is 0 Å². The number of amides is 1. The lowest BCUT2D eigenvalue weighted by molar-refractivity contribution is 0.0958. The summed E-state index contributed by atoms with van der Waals surface area (Å²) in [4.78, 5) is 20.4. The molecule has 1 aromatic carbocycles. The van der Waals surface area contributed by atoms with Gasteiger partial charge in [0, 0.05) is 34.4 Å². The number of thiophene rings is 1. The van der Waals surface area contributed by atoms with Crippen molar-refractivity contribution in [2.24, 2.45) is 0 Å². The molecule has 0 bridgehead atoms. The van der Waals surface area contributed by atoms with Gasteiger partial charge in [-0.1, -0.05) is 12.1 Å². The fourth-order valence-corrected chi connectivity index (χ4v) is 4.96. The molecule has 6 heteroatoms. The van der Waals surface area contributed by atoms with E-state index in [-0.39, 0.29) is 5.91 Å². The van der Waals surface area contributed by atoms with Crippen molar-refractivity contribution in [2.75, 3.05) is 12.8 Å². The molecule has 4 nitrogen and oxygen atoms in total. The van der Waals surface area contributed by atoms with Crippen LogP contribution in [0.2, 0.25) is 0 Å². The Morgan fingerprint density at radius 3 is 2.52 bits per heavy atom. The van der Waals surface area contributed by atoms with Gasteiger partial charge in [0.15, 0.2) is 0 Å². The zero-order valence-electron chi connectivity index (χ0n) is 16.7. The second kappa shape index (κ2) is 8.43. The quantitative estimate of drug-likeness (QED) is 0.424. The number of hydrogen-bond acceptors (Lipinski definition) is 4. The van der Waals surface area contributed by atoms with Gasteiger partial charge in [-0.3, -0.25) is 4.79 Å². The van der Waals surface area contributed by atoms with Gasteiger partial charge in [-0.25, -0.2) is 4.98 Å². The Labute approximate surface area is 179 Å². The Morgan fingerprint density at radius 1 is 1.10 bits per heavy atom. The first kappa shape index (κ1) is 19.7. The predicted molar refractivity (Wildman–Crippen MR) is 123 cm³/mol. The molecule has 0 aliphatic rings. The maximum absolute atomic E-state index is 13.1. The molecule has 0 radical (unpaired) electrons. The molecule has 0 atom stereocenters. The third-order valence-corrected chi connectivity index (χ3v) is 6.84. The van der Waals surface area contributed by atoms with Crippen molar-refractivity contribution in [2.45, 2.75) is 25.2 Å². The van der Waals surface area contributed by atoms with Crippen molar-refractivity contribution in [3.63, 3.8) is 0 Å². The van der Waals surface area contributed by atoms with Crippen LogP contribution < -0.4 is 5.32 Å². The molecule has 0 saturated heterocycles. The zero-order valence-corrected chi connectivity index (χ0v) is 18.4. The van der Waals surface area contributed by atoms with Crippen LogP contribution in [-0.2, 0) is 6.42 Å². The van der Waals surface area contributed by atoms with Crippen LogP contribution in [0.1, 0.15) is 26.6 Å². The second-order valence-electron chi connectivity index (χ2n) is 6.94. The Kier molecular flexibility index (Phi) is 5.74. The molecular formula is C23H23N3OS2. The highest BCUT2D eigenvalue weighted by atomic mass is 32.2. The van der Waals surface area contributed by atoms with E-state index in [4.69, 9.17) is 0 Å². The highest BCUT2D eigenvalue weighted by Gasteiger charge is 2.22. The fraction of sp³-hybridized carbons (Fsp3) is 0.217. The second-order valence-corrected chi connectivity index (χ2v) is 8.82. The van der Waals surface area contributed by atoms with Crippen molar-refractivity contribution < 1.29 is 4.79 Å². The van der Waals surface area contributed by atoms with Gasteiger partial charge in [0.25, 0.3) is 5.91 Å². The van der Waals surface area contributed by atoms with Crippen LogP contribution >= 0.6 is 23.1 Å². The topological polar surface area (TPSA) is 46.9 Å². The highest BCUT2D eigenvalue weighted by Crippen LogP contribution is 2.34. The fourth-order valence-electron chi connectivity index (χ4n) is 3.51. The number of hydrogen-bond donors (Lipinski definition) is 1. The van der Waals surface area contributed by atoms with Crippen molar-refractivity contribution in [3.8, 4) is 5.69 Å².